The molecule has 8 heteroatoms. The largest absolute Gasteiger partial charge is 0.378 e. The lowest BCUT2D eigenvalue weighted by atomic mass is 9.81. The molecule has 2 aliphatic rings. The molecule has 198 valence electrons. The van der Waals surface area contributed by atoms with Crippen LogP contribution in [-0.4, -0.2) is 78.8 Å². The number of carbonyl (C=O) groups is 2. The monoisotopic (exact) mass is 497 g/mol. The second kappa shape index (κ2) is 12.6. The van der Waals surface area contributed by atoms with Crippen molar-refractivity contribution in [2.45, 2.75) is 77.4 Å². The molecule has 0 radical (unpaired) electrons. The second-order valence-electron chi connectivity index (χ2n) is 11.4. The van der Waals surface area contributed by atoms with E-state index < -0.39 is 11.6 Å². The van der Waals surface area contributed by atoms with Crippen molar-refractivity contribution < 1.29 is 14.3 Å². The van der Waals surface area contributed by atoms with Crippen LogP contribution < -0.4 is 10.6 Å². The number of nitrogens with one attached hydrogen (secondary N) is 2. The van der Waals surface area contributed by atoms with Crippen molar-refractivity contribution in [2.75, 3.05) is 39.4 Å². The molecule has 2 saturated heterocycles. The van der Waals surface area contributed by atoms with E-state index in [4.69, 9.17) is 4.74 Å². The first-order valence-electron chi connectivity index (χ1n) is 13.3. The average molecular weight is 498 g/mol. The molecule has 3 unspecified atom stereocenters. The van der Waals surface area contributed by atoms with Crippen LogP contribution in [0.1, 0.15) is 58.9 Å². The summed E-state index contributed by atoms with van der Waals surface area (Å²) in [5, 5.41) is 16.4. The van der Waals surface area contributed by atoms with E-state index in [0.29, 0.717) is 45.6 Å². The topological polar surface area (TPSA) is 97.7 Å². The van der Waals surface area contributed by atoms with Crippen molar-refractivity contribution in [3.05, 3.63) is 35.9 Å². The van der Waals surface area contributed by atoms with Crippen LogP contribution >= 0.6 is 0 Å². The molecule has 3 amide bonds. The Hall–Kier alpha value is -2.63. The molecule has 3 rings (SSSR count). The molecule has 2 N–H and O–H groups in total. The molecule has 0 bridgehead atoms. The number of nitriles is 1. The highest BCUT2D eigenvalue weighted by Crippen LogP contribution is 2.30. The maximum absolute atomic E-state index is 13.6. The van der Waals surface area contributed by atoms with Crippen molar-refractivity contribution in [3.63, 3.8) is 0 Å². The zero-order chi connectivity index (χ0) is 26.2. The fourth-order valence-electron chi connectivity index (χ4n) is 5.21. The highest BCUT2D eigenvalue weighted by atomic mass is 16.5. The van der Waals surface area contributed by atoms with Gasteiger partial charge in [0.15, 0.2) is 0 Å². The molecule has 3 atom stereocenters. The summed E-state index contributed by atoms with van der Waals surface area (Å²) < 4.78 is 5.35. The van der Waals surface area contributed by atoms with Gasteiger partial charge in [-0.3, -0.25) is 9.69 Å². The Morgan fingerprint density at radius 1 is 1.19 bits per heavy atom. The summed E-state index contributed by atoms with van der Waals surface area (Å²) in [6, 6.07) is 12.0. The lowest BCUT2D eigenvalue weighted by Crippen LogP contribution is -2.62. The molecule has 8 nitrogen and oxygen atoms in total. The van der Waals surface area contributed by atoms with Gasteiger partial charge in [-0.15, -0.1) is 0 Å². The molecule has 0 saturated carbocycles. The van der Waals surface area contributed by atoms with Gasteiger partial charge in [0, 0.05) is 25.7 Å². The summed E-state index contributed by atoms with van der Waals surface area (Å²) in [5.41, 5.74) is 0.0909. The van der Waals surface area contributed by atoms with Crippen LogP contribution in [0.25, 0.3) is 0 Å². The molecule has 0 spiro atoms. The molecular formula is C28H43N5O3. The third-order valence-electron chi connectivity index (χ3n) is 7.06. The number of nitrogens with zero attached hydrogens (tertiary/aromatic N) is 3. The third kappa shape index (κ3) is 7.94. The van der Waals surface area contributed by atoms with Crippen LogP contribution in [0.5, 0.6) is 0 Å². The Morgan fingerprint density at radius 3 is 2.50 bits per heavy atom. The lowest BCUT2D eigenvalue weighted by molar-refractivity contribution is -0.125. The fourth-order valence-corrected chi connectivity index (χ4v) is 5.21. The minimum atomic E-state index is -0.958. The van der Waals surface area contributed by atoms with Crippen LogP contribution in [0.3, 0.4) is 0 Å². The first-order chi connectivity index (χ1) is 17.1. The van der Waals surface area contributed by atoms with E-state index in [1.165, 1.54) is 5.56 Å². The van der Waals surface area contributed by atoms with Crippen LogP contribution in [0, 0.1) is 16.7 Å². The van der Waals surface area contributed by atoms with Crippen LogP contribution in [0.15, 0.2) is 30.3 Å². The number of carbonyl (C=O) groups excluding carboxylic acids is 2. The Bertz CT molecular complexity index is 904. The van der Waals surface area contributed by atoms with E-state index >= 15 is 0 Å². The van der Waals surface area contributed by atoms with Gasteiger partial charge in [-0.25, -0.2) is 4.79 Å². The van der Waals surface area contributed by atoms with Gasteiger partial charge >= 0.3 is 6.03 Å². The zero-order valence-electron chi connectivity index (χ0n) is 22.4. The SMILES string of the molecule is CCCN1CCC(C#N)(NC(=O)C(CC(C)(C)C)NC(=O)N2CCOCC2)CC1Cc1ccccc1. The van der Waals surface area contributed by atoms with Gasteiger partial charge in [-0.2, -0.15) is 5.26 Å². The van der Waals surface area contributed by atoms with E-state index in [9.17, 15) is 14.9 Å². The number of rotatable bonds is 8. The number of urea groups is 1. The molecule has 36 heavy (non-hydrogen) atoms. The van der Waals surface area contributed by atoms with Crippen molar-refractivity contribution in [1.29, 1.82) is 5.26 Å². The maximum atomic E-state index is 13.6. The number of likely N-dealkylation sites (tertiary alicyclic amines) is 1. The number of amides is 3. The summed E-state index contributed by atoms with van der Waals surface area (Å²) in [6.07, 6.45) is 3.48. The minimum absolute atomic E-state index is 0.157. The Balaban J connectivity index is 1.75. The van der Waals surface area contributed by atoms with E-state index in [2.05, 4.69) is 40.7 Å². The molecule has 1 aromatic rings. The van der Waals surface area contributed by atoms with E-state index in [-0.39, 0.29) is 23.4 Å². The predicted molar refractivity (Wildman–Crippen MR) is 140 cm³/mol. The number of hydrogen-bond donors (Lipinski definition) is 2. The van der Waals surface area contributed by atoms with Gasteiger partial charge in [-0.05, 0) is 49.6 Å². The molecule has 0 aliphatic carbocycles. The van der Waals surface area contributed by atoms with Gasteiger partial charge in [0.25, 0.3) is 0 Å². The summed E-state index contributed by atoms with van der Waals surface area (Å²) in [7, 11) is 0. The Kier molecular flexibility index (Phi) is 9.75. The van der Waals surface area contributed by atoms with Crippen molar-refractivity contribution in [1.82, 2.24) is 20.4 Å². The third-order valence-corrected chi connectivity index (χ3v) is 7.06. The molecule has 0 aromatic heterocycles. The highest BCUT2D eigenvalue weighted by Gasteiger charge is 2.42. The Morgan fingerprint density at radius 2 is 1.89 bits per heavy atom. The fraction of sp³-hybridized carbons (Fsp3) is 0.679. The first kappa shape index (κ1) is 27.9. The predicted octanol–water partition coefficient (Wildman–Crippen LogP) is 3.33. The number of piperidine rings is 1. The number of benzene rings is 1. The van der Waals surface area contributed by atoms with Gasteiger partial charge in [-0.1, -0.05) is 58.0 Å². The van der Waals surface area contributed by atoms with Gasteiger partial charge in [0.1, 0.15) is 11.6 Å². The van der Waals surface area contributed by atoms with Crippen molar-refractivity contribution in [3.8, 4) is 6.07 Å². The van der Waals surface area contributed by atoms with Crippen LogP contribution in [0.2, 0.25) is 0 Å². The summed E-state index contributed by atoms with van der Waals surface area (Å²) in [4.78, 5) is 30.7. The van der Waals surface area contributed by atoms with Crippen molar-refractivity contribution >= 4 is 11.9 Å². The summed E-state index contributed by atoms with van der Waals surface area (Å²) in [6.45, 7) is 12.0. The highest BCUT2D eigenvalue weighted by molar-refractivity contribution is 5.88. The lowest BCUT2D eigenvalue weighted by Gasteiger charge is -2.44. The average Bonchev–Trinajstić information content (AvgIpc) is 2.85. The van der Waals surface area contributed by atoms with E-state index in [1.807, 2.05) is 39.0 Å². The number of morpholine rings is 1. The minimum Gasteiger partial charge on any atom is -0.378 e. The van der Waals surface area contributed by atoms with E-state index in [0.717, 1.165) is 25.9 Å². The molecule has 2 heterocycles. The van der Waals surface area contributed by atoms with Crippen LogP contribution in [-0.2, 0) is 16.0 Å². The first-order valence-corrected chi connectivity index (χ1v) is 13.3. The normalized spacial score (nSPS) is 24.0. The van der Waals surface area contributed by atoms with Gasteiger partial charge in [0.2, 0.25) is 5.91 Å². The molecule has 2 aliphatic heterocycles. The Labute approximate surface area is 216 Å². The molecular weight excluding hydrogens is 454 g/mol. The number of hydrogen-bond acceptors (Lipinski definition) is 5. The smallest absolute Gasteiger partial charge is 0.318 e. The maximum Gasteiger partial charge on any atom is 0.318 e. The molecule has 1 aromatic carbocycles. The standard InChI is InChI=1S/C28H43N5O3/c1-5-12-32-13-11-28(21-29,19-23(32)18-22-9-7-6-8-10-22)31-25(34)24(20-27(2,3)4)30-26(35)33-14-16-36-17-15-33/h6-10,23-24H,5,11-20H2,1-4H3,(H,30,35)(H,31,34). The molecule has 2 fully saturated rings. The van der Waals surface area contributed by atoms with Gasteiger partial charge < -0.3 is 20.3 Å². The van der Waals surface area contributed by atoms with Crippen LogP contribution in [0.4, 0.5) is 4.79 Å². The van der Waals surface area contributed by atoms with Gasteiger partial charge in [0.05, 0.1) is 19.3 Å². The second-order valence-corrected chi connectivity index (χ2v) is 11.4. The van der Waals surface area contributed by atoms with Crippen molar-refractivity contribution in [2.24, 2.45) is 5.41 Å². The summed E-state index contributed by atoms with van der Waals surface area (Å²) >= 11 is 0. The quantitative estimate of drug-likeness (QED) is 0.574. The zero-order valence-corrected chi connectivity index (χ0v) is 22.4. The van der Waals surface area contributed by atoms with E-state index in [1.54, 1.807) is 4.90 Å². The summed E-state index contributed by atoms with van der Waals surface area (Å²) in [5.74, 6) is -0.282. The number of ether oxygens (including phenoxy) is 1.